The molecule has 0 spiro atoms. The molecule has 2 N–H and O–H groups in total. The smallest absolute Gasteiger partial charge is 0.456 e. The molecule has 0 saturated heterocycles. The van der Waals surface area contributed by atoms with Gasteiger partial charge in [0.2, 0.25) is 5.91 Å². The van der Waals surface area contributed by atoms with Gasteiger partial charge in [0.05, 0.1) is 33.8 Å². The molecule has 9 nitrogen and oxygen atoms in total. The van der Waals surface area contributed by atoms with Crippen molar-refractivity contribution in [2.75, 3.05) is 40.9 Å². The second kappa shape index (κ2) is 50.9. The molecule has 0 aliphatic heterocycles. The third kappa shape index (κ3) is 51.3. The summed E-state index contributed by atoms with van der Waals surface area (Å²) in [6.45, 7) is 6.75. The molecule has 0 fully saturated rings. The Balaban J connectivity index is 5.61. The van der Waals surface area contributed by atoms with E-state index in [0.717, 1.165) is 77.0 Å². The number of quaternary nitrogens is 1. The Kier molecular flexibility index (Phi) is 48.4. The number of rotatable bonds is 49. The highest BCUT2D eigenvalue weighted by atomic mass is 31.2. The predicted octanol–water partition coefficient (Wildman–Crippen LogP) is 17.2. The Morgan fingerprint density at radius 2 is 0.903 bits per heavy atom. The Morgan fingerprint density at radius 1 is 0.500 bits per heavy atom. The van der Waals surface area contributed by atoms with Crippen LogP contribution >= 0.6 is 7.82 Å². The number of carbonyl (C=O) groups excluding carboxylic acids is 2. The van der Waals surface area contributed by atoms with E-state index in [1.807, 2.05) is 39.4 Å². The fourth-order valence-electron chi connectivity index (χ4n) is 7.27. The van der Waals surface area contributed by atoms with Crippen LogP contribution in [0.4, 0.5) is 0 Å². The highest BCUT2D eigenvalue weighted by Crippen LogP contribution is 2.43. The molecule has 3 atom stereocenters. The van der Waals surface area contributed by atoms with E-state index in [-0.39, 0.29) is 32.0 Å². The third-order valence-electron chi connectivity index (χ3n) is 11.6. The first-order chi connectivity index (χ1) is 34.9. The Hall–Kier alpha value is -3.59. The minimum atomic E-state index is -4.48. The van der Waals surface area contributed by atoms with Gasteiger partial charge in [-0.1, -0.05) is 213 Å². The van der Waals surface area contributed by atoms with Gasteiger partial charge in [0.1, 0.15) is 19.3 Å². The minimum Gasteiger partial charge on any atom is -0.456 e. The summed E-state index contributed by atoms with van der Waals surface area (Å²) in [7, 11) is 1.40. The van der Waals surface area contributed by atoms with Crippen molar-refractivity contribution in [1.82, 2.24) is 5.32 Å². The molecule has 0 heterocycles. The van der Waals surface area contributed by atoms with E-state index in [1.54, 1.807) is 6.08 Å². The normalized spacial score (nSPS) is 14.7. The van der Waals surface area contributed by atoms with Gasteiger partial charge >= 0.3 is 13.8 Å². The Bertz CT molecular complexity index is 1650. The molecule has 72 heavy (non-hydrogen) atoms. The van der Waals surface area contributed by atoms with Gasteiger partial charge < -0.3 is 19.4 Å². The van der Waals surface area contributed by atoms with Crippen molar-refractivity contribution in [2.45, 2.75) is 219 Å². The number of nitrogens with one attached hydrogen (secondary N) is 1. The molecular formula is C62H106N2O7P+. The van der Waals surface area contributed by atoms with Crippen LogP contribution in [0, 0.1) is 0 Å². The van der Waals surface area contributed by atoms with Crippen LogP contribution in [0.5, 0.6) is 0 Å². The summed E-state index contributed by atoms with van der Waals surface area (Å²) in [6.07, 6.45) is 70.8. The van der Waals surface area contributed by atoms with Crippen molar-refractivity contribution in [2.24, 2.45) is 0 Å². The number of phosphoric acid groups is 1. The molecule has 0 bridgehead atoms. The number of hydrogen-bond donors (Lipinski definition) is 2. The topological polar surface area (TPSA) is 111 Å². The van der Waals surface area contributed by atoms with E-state index in [4.69, 9.17) is 13.8 Å². The monoisotopic (exact) mass is 1020 g/mol. The van der Waals surface area contributed by atoms with E-state index in [0.29, 0.717) is 23.9 Å². The van der Waals surface area contributed by atoms with E-state index in [2.05, 4.69) is 123 Å². The van der Waals surface area contributed by atoms with Crippen molar-refractivity contribution in [3.63, 3.8) is 0 Å². The third-order valence-corrected chi connectivity index (χ3v) is 12.6. The average Bonchev–Trinajstić information content (AvgIpc) is 3.34. The molecule has 0 aliphatic carbocycles. The lowest BCUT2D eigenvalue weighted by atomic mass is 10.0. The molecule has 0 aromatic rings. The van der Waals surface area contributed by atoms with E-state index < -0.39 is 25.9 Å². The molecule has 10 heteroatoms. The molecule has 0 aliphatic rings. The summed E-state index contributed by atoms with van der Waals surface area (Å²) < 4.78 is 30.5. The van der Waals surface area contributed by atoms with E-state index in [9.17, 15) is 19.0 Å². The van der Waals surface area contributed by atoms with Crippen LogP contribution < -0.4 is 5.32 Å². The van der Waals surface area contributed by atoms with Gasteiger partial charge in [-0.15, -0.1) is 0 Å². The Morgan fingerprint density at radius 3 is 1.39 bits per heavy atom. The highest BCUT2D eigenvalue weighted by Gasteiger charge is 2.30. The summed E-state index contributed by atoms with van der Waals surface area (Å²) in [5.74, 6) is -0.678. The molecule has 0 radical (unpaired) electrons. The highest BCUT2D eigenvalue weighted by molar-refractivity contribution is 7.47. The van der Waals surface area contributed by atoms with Crippen LogP contribution in [0.25, 0.3) is 0 Å². The maximum Gasteiger partial charge on any atom is 0.472 e. The molecule has 1 amide bonds. The molecule has 410 valence electrons. The number of allylic oxidation sites excluding steroid dienone is 19. The van der Waals surface area contributed by atoms with Gasteiger partial charge in [0.15, 0.2) is 0 Å². The van der Waals surface area contributed by atoms with Gasteiger partial charge in [-0.3, -0.25) is 18.6 Å². The van der Waals surface area contributed by atoms with Crippen molar-refractivity contribution in [1.29, 1.82) is 0 Å². The Labute approximate surface area is 442 Å². The zero-order valence-electron chi connectivity index (χ0n) is 46.6. The fraction of sp³-hybridized carbons (Fsp3) is 0.645. The lowest BCUT2D eigenvalue weighted by molar-refractivity contribution is -0.870. The molecule has 0 rings (SSSR count). The first kappa shape index (κ1) is 68.4. The standard InChI is InChI=1S/C62H105N2O7P/c1-7-10-13-16-19-22-25-28-30-32-34-37-40-43-46-49-52-55-62(66)71-60(53-50-47-44-41-38-35-27-24-21-18-15-12-9-3)59(58-70-72(67,68)69-57-56-64(4,5)6)63-61(65)54-51-48-45-42-39-36-33-31-29-26-23-20-17-14-11-8-2/h11,14,19-20,22-23,28-31,34,36-37,39,43,45-46,48,50,53,59-60H,7-10,12-13,15-18,21,24-27,32-33,35,38,40-42,44,47,49,51-52,54-58H2,1-6H3,(H-,63,65,67,68)/p+1/b14-11+,22-19-,23-20+,30-28-,31-29+,37-34-,39-36+,46-43-,48-45+,53-50+. The van der Waals surface area contributed by atoms with E-state index >= 15 is 0 Å². The van der Waals surface area contributed by atoms with Gasteiger partial charge in [-0.25, -0.2) is 4.57 Å². The van der Waals surface area contributed by atoms with Crippen LogP contribution in [-0.2, 0) is 27.9 Å². The number of hydrogen-bond acceptors (Lipinski definition) is 6. The number of phosphoric ester groups is 1. The second-order valence-electron chi connectivity index (χ2n) is 19.7. The van der Waals surface area contributed by atoms with Crippen molar-refractivity contribution >= 4 is 19.7 Å². The largest absolute Gasteiger partial charge is 0.472 e. The number of likely N-dealkylation sites (N-methyl/N-ethyl adjacent to an activating group) is 1. The van der Waals surface area contributed by atoms with Gasteiger partial charge in [0.25, 0.3) is 0 Å². The minimum absolute atomic E-state index is 0.0122. The summed E-state index contributed by atoms with van der Waals surface area (Å²) in [4.78, 5) is 37.5. The molecular weight excluding hydrogens is 916 g/mol. The number of ether oxygens (including phenoxy) is 1. The summed E-state index contributed by atoms with van der Waals surface area (Å²) in [6, 6.07) is -0.917. The SMILES string of the molecule is CC/C=C/C/C=C/C/C=C/C/C=C/C/C=C/CCC(=O)NC(COP(=O)(O)OCC[N+](C)(C)C)C(/C=C/CCCCCCCCCCCCC)OC(=O)CCC/C=C\C/C=C\C/C=C\C/C=C\CCCCC. The van der Waals surface area contributed by atoms with Crippen molar-refractivity contribution in [3.05, 3.63) is 122 Å². The maximum absolute atomic E-state index is 13.5. The number of unbranched alkanes of at least 4 members (excludes halogenated alkanes) is 15. The van der Waals surface area contributed by atoms with Crippen LogP contribution in [0.3, 0.4) is 0 Å². The second-order valence-corrected chi connectivity index (χ2v) is 21.2. The van der Waals surface area contributed by atoms with Crippen molar-refractivity contribution < 1.29 is 37.3 Å². The predicted molar refractivity (Wildman–Crippen MR) is 309 cm³/mol. The lowest BCUT2D eigenvalue weighted by Gasteiger charge is -2.27. The molecule has 0 aromatic carbocycles. The first-order valence-electron chi connectivity index (χ1n) is 28.4. The first-order valence-corrected chi connectivity index (χ1v) is 29.9. The van der Waals surface area contributed by atoms with Crippen molar-refractivity contribution in [3.8, 4) is 0 Å². The number of esters is 1. The summed E-state index contributed by atoms with van der Waals surface area (Å²) in [5, 5.41) is 2.98. The van der Waals surface area contributed by atoms with Gasteiger partial charge in [-0.2, -0.15) is 0 Å². The van der Waals surface area contributed by atoms with Crippen LogP contribution in [0.15, 0.2) is 122 Å². The number of amides is 1. The molecule has 0 saturated carbocycles. The van der Waals surface area contributed by atoms with E-state index in [1.165, 1.54) is 83.5 Å². The van der Waals surface area contributed by atoms with Gasteiger partial charge in [-0.05, 0) is 102 Å². The number of carbonyl (C=O) groups is 2. The van der Waals surface area contributed by atoms with Gasteiger partial charge in [0, 0.05) is 12.8 Å². The zero-order valence-corrected chi connectivity index (χ0v) is 47.5. The molecule has 0 aromatic heterocycles. The van der Waals surface area contributed by atoms with Crippen LogP contribution in [0.1, 0.15) is 207 Å². The van der Waals surface area contributed by atoms with Crippen LogP contribution in [0.2, 0.25) is 0 Å². The lowest BCUT2D eigenvalue weighted by Crippen LogP contribution is -2.47. The maximum atomic E-state index is 13.5. The zero-order chi connectivity index (χ0) is 52.9. The number of nitrogens with zero attached hydrogens (tertiary/aromatic N) is 1. The fourth-order valence-corrected chi connectivity index (χ4v) is 8.01. The quantitative estimate of drug-likeness (QED) is 0.0205. The summed E-state index contributed by atoms with van der Waals surface area (Å²) in [5.41, 5.74) is 0. The van der Waals surface area contributed by atoms with Crippen LogP contribution in [-0.4, -0.2) is 74.3 Å². The summed E-state index contributed by atoms with van der Waals surface area (Å²) >= 11 is 0. The average molecular weight is 1020 g/mol. The molecule has 3 unspecified atom stereocenters.